The summed E-state index contributed by atoms with van der Waals surface area (Å²) in [5.74, 6) is 0.250. The number of aromatic nitrogens is 4. The first kappa shape index (κ1) is 11.3. The molecule has 0 radical (unpaired) electrons. The first-order valence-electron chi connectivity index (χ1n) is 5.24. The van der Waals surface area contributed by atoms with Crippen molar-refractivity contribution in [3.8, 4) is 5.82 Å². The molecule has 0 aliphatic carbocycles. The van der Waals surface area contributed by atoms with Crippen LogP contribution in [0.3, 0.4) is 0 Å². The van der Waals surface area contributed by atoms with Crippen LogP contribution < -0.4 is 0 Å². The Morgan fingerprint density at radius 2 is 2.24 bits per heavy atom. The minimum atomic E-state index is -1.05. The van der Waals surface area contributed by atoms with Crippen LogP contribution in [0.15, 0.2) is 18.3 Å². The van der Waals surface area contributed by atoms with Gasteiger partial charge < -0.3 is 5.11 Å². The Bertz CT molecular complexity index is 562. The van der Waals surface area contributed by atoms with Crippen molar-refractivity contribution in [2.24, 2.45) is 0 Å². The largest absolute Gasteiger partial charge is 0.476 e. The minimum Gasteiger partial charge on any atom is -0.476 e. The standard InChI is InChI=1S/C11H12N4O2/c1-3-9-12-7(2)6-10(13-9)15-5-4-8(14-15)11(16)17/h4-6H,3H2,1-2H3,(H,16,17). The summed E-state index contributed by atoms with van der Waals surface area (Å²) < 4.78 is 1.44. The van der Waals surface area contributed by atoms with Crippen molar-refractivity contribution in [3.05, 3.63) is 35.5 Å². The summed E-state index contributed by atoms with van der Waals surface area (Å²) in [5, 5.41) is 12.7. The summed E-state index contributed by atoms with van der Waals surface area (Å²) in [6.45, 7) is 3.83. The number of carbonyl (C=O) groups is 1. The lowest BCUT2D eigenvalue weighted by atomic mass is 10.4. The van der Waals surface area contributed by atoms with E-state index in [1.165, 1.54) is 10.7 Å². The summed E-state index contributed by atoms with van der Waals surface area (Å²) in [6, 6.07) is 3.20. The van der Waals surface area contributed by atoms with Crippen LogP contribution in [0, 0.1) is 6.92 Å². The molecule has 17 heavy (non-hydrogen) atoms. The molecule has 2 heterocycles. The highest BCUT2D eigenvalue weighted by molar-refractivity contribution is 5.85. The Labute approximate surface area is 98.0 Å². The maximum absolute atomic E-state index is 10.7. The Morgan fingerprint density at radius 1 is 1.47 bits per heavy atom. The summed E-state index contributed by atoms with van der Waals surface area (Å²) >= 11 is 0. The molecule has 0 amide bonds. The monoisotopic (exact) mass is 232 g/mol. The van der Waals surface area contributed by atoms with E-state index in [4.69, 9.17) is 5.11 Å². The fourth-order valence-electron chi connectivity index (χ4n) is 1.45. The van der Waals surface area contributed by atoms with E-state index >= 15 is 0 Å². The first-order chi connectivity index (χ1) is 8.10. The number of carboxylic acid groups (broad SMARTS) is 1. The summed E-state index contributed by atoms with van der Waals surface area (Å²) in [6.07, 6.45) is 2.30. The average Bonchev–Trinajstić information content (AvgIpc) is 2.77. The molecule has 0 unspecified atom stereocenters. The van der Waals surface area contributed by atoms with Gasteiger partial charge in [0.2, 0.25) is 0 Å². The third-order valence-corrected chi connectivity index (χ3v) is 2.25. The summed E-state index contributed by atoms with van der Waals surface area (Å²) in [5.41, 5.74) is 0.832. The Morgan fingerprint density at radius 3 is 2.82 bits per heavy atom. The second-order valence-corrected chi connectivity index (χ2v) is 3.59. The number of carboxylic acids is 1. The highest BCUT2D eigenvalue weighted by atomic mass is 16.4. The van der Waals surface area contributed by atoms with E-state index in [1.807, 2.05) is 13.8 Å². The first-order valence-corrected chi connectivity index (χ1v) is 5.24. The smallest absolute Gasteiger partial charge is 0.356 e. The second-order valence-electron chi connectivity index (χ2n) is 3.59. The lowest BCUT2D eigenvalue weighted by Crippen LogP contribution is -2.06. The molecule has 0 spiro atoms. The van der Waals surface area contributed by atoms with E-state index < -0.39 is 5.97 Å². The van der Waals surface area contributed by atoms with Crippen LogP contribution in [0.1, 0.15) is 28.9 Å². The van der Waals surface area contributed by atoms with Crippen molar-refractivity contribution in [2.45, 2.75) is 20.3 Å². The summed E-state index contributed by atoms with van der Waals surface area (Å²) in [4.78, 5) is 19.3. The Kier molecular flexibility index (Phi) is 2.86. The van der Waals surface area contributed by atoms with Crippen LogP contribution in [0.2, 0.25) is 0 Å². The molecule has 0 saturated heterocycles. The molecule has 1 N–H and O–H groups in total. The molecule has 0 bridgehead atoms. The van der Waals surface area contributed by atoms with Crippen LogP contribution in [0.4, 0.5) is 0 Å². The molecule has 6 nitrogen and oxygen atoms in total. The zero-order chi connectivity index (χ0) is 12.4. The van der Waals surface area contributed by atoms with Crippen molar-refractivity contribution in [1.29, 1.82) is 0 Å². The van der Waals surface area contributed by atoms with E-state index in [0.717, 1.165) is 12.1 Å². The van der Waals surface area contributed by atoms with Gasteiger partial charge in [-0.15, -0.1) is 0 Å². The predicted molar refractivity (Wildman–Crippen MR) is 60.2 cm³/mol. The van der Waals surface area contributed by atoms with Crippen LogP contribution in [0.25, 0.3) is 5.82 Å². The molecule has 2 rings (SSSR count). The maximum atomic E-state index is 10.7. The zero-order valence-corrected chi connectivity index (χ0v) is 9.58. The molecular formula is C11H12N4O2. The van der Waals surface area contributed by atoms with E-state index in [0.29, 0.717) is 11.6 Å². The van der Waals surface area contributed by atoms with Gasteiger partial charge in [0.15, 0.2) is 11.5 Å². The predicted octanol–water partition coefficient (Wildman–Crippen LogP) is 1.23. The average molecular weight is 232 g/mol. The van der Waals surface area contributed by atoms with Gasteiger partial charge in [-0.25, -0.2) is 19.4 Å². The van der Waals surface area contributed by atoms with Crippen LogP contribution in [-0.2, 0) is 6.42 Å². The normalized spacial score (nSPS) is 10.5. The van der Waals surface area contributed by atoms with Crippen molar-refractivity contribution < 1.29 is 9.90 Å². The van der Waals surface area contributed by atoms with Gasteiger partial charge in [-0.3, -0.25) is 0 Å². The molecule has 2 aromatic rings. The van der Waals surface area contributed by atoms with Crippen LogP contribution >= 0.6 is 0 Å². The molecule has 6 heteroatoms. The summed E-state index contributed by atoms with van der Waals surface area (Å²) in [7, 11) is 0. The van der Waals surface area contributed by atoms with E-state index in [-0.39, 0.29) is 5.69 Å². The zero-order valence-electron chi connectivity index (χ0n) is 9.58. The highest BCUT2D eigenvalue weighted by Crippen LogP contribution is 2.07. The second kappa shape index (κ2) is 4.32. The number of nitrogens with zero attached hydrogens (tertiary/aromatic N) is 4. The van der Waals surface area contributed by atoms with Crippen molar-refractivity contribution in [1.82, 2.24) is 19.7 Å². The molecular weight excluding hydrogens is 220 g/mol. The van der Waals surface area contributed by atoms with Gasteiger partial charge >= 0.3 is 5.97 Å². The molecule has 0 saturated carbocycles. The van der Waals surface area contributed by atoms with E-state index in [2.05, 4.69) is 15.1 Å². The molecule has 2 aromatic heterocycles. The van der Waals surface area contributed by atoms with Crippen LogP contribution in [-0.4, -0.2) is 30.8 Å². The lowest BCUT2D eigenvalue weighted by molar-refractivity contribution is 0.0690. The molecule has 0 atom stereocenters. The Balaban J connectivity index is 2.44. The van der Waals surface area contributed by atoms with Gasteiger partial charge in [0.05, 0.1) is 0 Å². The van der Waals surface area contributed by atoms with E-state index in [9.17, 15) is 4.79 Å². The maximum Gasteiger partial charge on any atom is 0.356 e. The van der Waals surface area contributed by atoms with Crippen molar-refractivity contribution in [2.75, 3.05) is 0 Å². The third kappa shape index (κ3) is 2.30. The number of hydrogen-bond acceptors (Lipinski definition) is 4. The number of hydrogen-bond donors (Lipinski definition) is 1. The highest BCUT2D eigenvalue weighted by Gasteiger charge is 2.09. The molecule has 0 aromatic carbocycles. The molecule has 0 fully saturated rings. The molecule has 0 aliphatic heterocycles. The Hall–Kier alpha value is -2.24. The SMILES string of the molecule is CCc1nc(C)cc(-n2ccc(C(=O)O)n2)n1. The van der Waals surface area contributed by atoms with Crippen LogP contribution in [0.5, 0.6) is 0 Å². The van der Waals surface area contributed by atoms with Gasteiger partial charge in [-0.05, 0) is 13.0 Å². The molecule has 88 valence electrons. The fourth-order valence-corrected chi connectivity index (χ4v) is 1.45. The van der Waals surface area contributed by atoms with Gasteiger partial charge in [-0.1, -0.05) is 6.92 Å². The van der Waals surface area contributed by atoms with Gasteiger partial charge in [0.25, 0.3) is 0 Å². The number of aryl methyl sites for hydroxylation is 2. The third-order valence-electron chi connectivity index (χ3n) is 2.25. The fraction of sp³-hybridized carbons (Fsp3) is 0.273. The van der Waals surface area contributed by atoms with Crippen molar-refractivity contribution >= 4 is 5.97 Å². The lowest BCUT2D eigenvalue weighted by Gasteiger charge is -2.04. The van der Waals surface area contributed by atoms with Gasteiger partial charge in [-0.2, -0.15) is 5.10 Å². The van der Waals surface area contributed by atoms with E-state index in [1.54, 1.807) is 12.3 Å². The van der Waals surface area contributed by atoms with Gasteiger partial charge in [0, 0.05) is 24.4 Å². The quantitative estimate of drug-likeness (QED) is 0.860. The number of aromatic carboxylic acids is 1. The van der Waals surface area contributed by atoms with Gasteiger partial charge in [0.1, 0.15) is 5.82 Å². The topological polar surface area (TPSA) is 80.9 Å². The molecule has 0 aliphatic rings. The minimum absolute atomic E-state index is 0.000635. The van der Waals surface area contributed by atoms with Crippen molar-refractivity contribution in [3.63, 3.8) is 0 Å². The number of rotatable bonds is 3.